The first-order chi connectivity index (χ1) is 12.5. The highest BCUT2D eigenvalue weighted by atomic mass is 16.5. The number of hydrogen-bond donors (Lipinski definition) is 0. The largest absolute Gasteiger partial charge is 0.493 e. The molecule has 0 radical (unpaired) electrons. The van der Waals surface area contributed by atoms with Crippen molar-refractivity contribution in [2.24, 2.45) is 11.8 Å². The highest BCUT2D eigenvalue weighted by Crippen LogP contribution is 2.36. The molecule has 3 unspecified atom stereocenters. The van der Waals surface area contributed by atoms with Crippen LogP contribution in [0.5, 0.6) is 11.5 Å². The molecule has 0 bridgehead atoms. The Kier molecular flexibility index (Phi) is 6.07. The molecule has 2 aliphatic rings. The molecule has 0 N–H and O–H groups in total. The van der Waals surface area contributed by atoms with Gasteiger partial charge in [-0.1, -0.05) is 19.9 Å². The molecule has 0 spiro atoms. The molecule has 2 aliphatic heterocycles. The summed E-state index contributed by atoms with van der Waals surface area (Å²) in [5.41, 5.74) is 1.20. The summed E-state index contributed by atoms with van der Waals surface area (Å²) in [5, 5.41) is 0. The van der Waals surface area contributed by atoms with Crippen molar-refractivity contribution < 1.29 is 14.3 Å². The maximum absolute atomic E-state index is 12.9. The van der Waals surface area contributed by atoms with Crippen molar-refractivity contribution in [1.29, 1.82) is 0 Å². The van der Waals surface area contributed by atoms with Crippen LogP contribution < -0.4 is 9.47 Å². The number of rotatable bonds is 5. The Balaban J connectivity index is 1.69. The van der Waals surface area contributed by atoms with Gasteiger partial charge in [0.05, 0.1) is 20.8 Å². The standard InChI is InChI=1S/C21H32N2O3/c1-15-10-16(2)13-23(12-15)21(24)14-22-9-5-6-18(22)17-7-8-19(25-3)20(11-17)26-4/h7-8,11,15-16,18H,5-6,9-10,12-14H2,1-4H3. The van der Waals surface area contributed by atoms with E-state index in [0.717, 1.165) is 44.0 Å². The molecule has 2 heterocycles. The van der Waals surface area contributed by atoms with E-state index in [4.69, 9.17) is 9.47 Å². The van der Waals surface area contributed by atoms with E-state index in [1.165, 1.54) is 12.0 Å². The summed E-state index contributed by atoms with van der Waals surface area (Å²) in [6, 6.07) is 6.39. The van der Waals surface area contributed by atoms with E-state index >= 15 is 0 Å². The van der Waals surface area contributed by atoms with Gasteiger partial charge in [0.25, 0.3) is 0 Å². The van der Waals surface area contributed by atoms with Gasteiger partial charge in [0.15, 0.2) is 11.5 Å². The summed E-state index contributed by atoms with van der Waals surface area (Å²) in [5.74, 6) is 2.97. The van der Waals surface area contributed by atoms with Crippen LogP contribution in [-0.4, -0.2) is 56.1 Å². The molecule has 1 amide bonds. The first kappa shape index (κ1) is 19.0. The number of methoxy groups -OCH3 is 2. The monoisotopic (exact) mass is 360 g/mol. The van der Waals surface area contributed by atoms with Crippen LogP contribution >= 0.6 is 0 Å². The first-order valence-corrected chi connectivity index (χ1v) is 9.75. The number of likely N-dealkylation sites (tertiary alicyclic amines) is 2. The number of hydrogen-bond acceptors (Lipinski definition) is 4. The molecule has 2 saturated heterocycles. The minimum absolute atomic E-state index is 0.274. The van der Waals surface area contributed by atoms with Gasteiger partial charge in [0, 0.05) is 19.1 Å². The van der Waals surface area contributed by atoms with Gasteiger partial charge < -0.3 is 14.4 Å². The average Bonchev–Trinajstić information content (AvgIpc) is 3.08. The highest BCUT2D eigenvalue weighted by Gasteiger charge is 2.31. The average molecular weight is 360 g/mol. The lowest BCUT2D eigenvalue weighted by atomic mass is 9.92. The van der Waals surface area contributed by atoms with Crippen LogP contribution in [-0.2, 0) is 4.79 Å². The van der Waals surface area contributed by atoms with Crippen LogP contribution in [0.3, 0.4) is 0 Å². The third-order valence-electron chi connectivity index (χ3n) is 5.72. The van der Waals surface area contributed by atoms with Gasteiger partial charge in [0.1, 0.15) is 0 Å². The van der Waals surface area contributed by atoms with Crippen molar-refractivity contribution in [3.05, 3.63) is 23.8 Å². The number of nitrogens with zero attached hydrogens (tertiary/aromatic N) is 2. The third kappa shape index (κ3) is 4.14. The van der Waals surface area contributed by atoms with Crippen LogP contribution in [0.4, 0.5) is 0 Å². The van der Waals surface area contributed by atoms with E-state index in [-0.39, 0.29) is 11.9 Å². The summed E-state index contributed by atoms with van der Waals surface area (Å²) in [7, 11) is 3.31. The number of benzene rings is 1. The molecule has 144 valence electrons. The summed E-state index contributed by atoms with van der Waals surface area (Å²) in [6.07, 6.45) is 3.43. The topological polar surface area (TPSA) is 42.0 Å². The fourth-order valence-electron chi connectivity index (χ4n) is 4.59. The SMILES string of the molecule is COc1ccc(C2CCCN2CC(=O)N2CC(C)CC(C)C2)cc1OC. The van der Waals surface area contributed by atoms with Crippen LogP contribution in [0.15, 0.2) is 18.2 Å². The maximum Gasteiger partial charge on any atom is 0.236 e. The van der Waals surface area contributed by atoms with Crippen molar-refractivity contribution in [1.82, 2.24) is 9.80 Å². The van der Waals surface area contributed by atoms with Crippen LogP contribution in [0.1, 0.15) is 44.7 Å². The smallest absolute Gasteiger partial charge is 0.236 e. The normalized spacial score (nSPS) is 26.8. The zero-order chi connectivity index (χ0) is 18.7. The van der Waals surface area contributed by atoms with Crippen molar-refractivity contribution in [2.45, 2.75) is 39.2 Å². The molecule has 0 saturated carbocycles. The summed E-state index contributed by atoms with van der Waals surface area (Å²) in [6.45, 7) is 7.79. The fourth-order valence-corrected chi connectivity index (χ4v) is 4.59. The Morgan fingerprint density at radius 2 is 1.81 bits per heavy atom. The molecule has 3 rings (SSSR count). The van der Waals surface area contributed by atoms with E-state index in [9.17, 15) is 4.79 Å². The lowest BCUT2D eigenvalue weighted by Crippen LogP contribution is -2.46. The van der Waals surface area contributed by atoms with Crippen LogP contribution in [0.2, 0.25) is 0 Å². The molecule has 1 aromatic carbocycles. The molecule has 5 heteroatoms. The Morgan fingerprint density at radius 1 is 1.12 bits per heavy atom. The molecule has 1 aromatic rings. The van der Waals surface area contributed by atoms with Crippen molar-refractivity contribution in [2.75, 3.05) is 40.4 Å². The zero-order valence-electron chi connectivity index (χ0n) is 16.5. The Morgan fingerprint density at radius 3 is 2.46 bits per heavy atom. The second-order valence-electron chi connectivity index (χ2n) is 7.99. The quantitative estimate of drug-likeness (QED) is 0.808. The van der Waals surface area contributed by atoms with Crippen molar-refractivity contribution in [3.63, 3.8) is 0 Å². The number of carbonyl (C=O) groups is 1. The Hall–Kier alpha value is -1.75. The van der Waals surface area contributed by atoms with Gasteiger partial charge >= 0.3 is 0 Å². The van der Waals surface area contributed by atoms with Gasteiger partial charge in [-0.2, -0.15) is 0 Å². The Bertz CT molecular complexity index is 624. The number of amides is 1. The van der Waals surface area contributed by atoms with E-state index in [2.05, 4.69) is 35.8 Å². The van der Waals surface area contributed by atoms with Crippen LogP contribution in [0, 0.1) is 11.8 Å². The maximum atomic E-state index is 12.9. The minimum atomic E-state index is 0.274. The van der Waals surface area contributed by atoms with E-state index in [1.807, 2.05) is 6.07 Å². The molecule has 5 nitrogen and oxygen atoms in total. The van der Waals surface area contributed by atoms with Crippen molar-refractivity contribution in [3.8, 4) is 11.5 Å². The lowest BCUT2D eigenvalue weighted by molar-refractivity contribution is -0.135. The summed E-state index contributed by atoms with van der Waals surface area (Å²) >= 11 is 0. The molecular weight excluding hydrogens is 328 g/mol. The molecule has 26 heavy (non-hydrogen) atoms. The van der Waals surface area contributed by atoms with Gasteiger partial charge in [0.2, 0.25) is 5.91 Å². The molecular formula is C21H32N2O3. The van der Waals surface area contributed by atoms with Crippen molar-refractivity contribution >= 4 is 5.91 Å². The van der Waals surface area contributed by atoms with Gasteiger partial charge in [-0.3, -0.25) is 9.69 Å². The fraction of sp³-hybridized carbons (Fsp3) is 0.667. The summed E-state index contributed by atoms with van der Waals surface area (Å²) in [4.78, 5) is 17.3. The first-order valence-electron chi connectivity index (χ1n) is 9.75. The number of carbonyl (C=O) groups excluding carboxylic acids is 1. The highest BCUT2D eigenvalue weighted by molar-refractivity contribution is 5.78. The minimum Gasteiger partial charge on any atom is -0.493 e. The van der Waals surface area contributed by atoms with Crippen LogP contribution in [0.25, 0.3) is 0 Å². The van der Waals surface area contributed by atoms with E-state index in [1.54, 1.807) is 14.2 Å². The molecule has 2 fully saturated rings. The molecule has 3 atom stereocenters. The molecule has 0 aromatic heterocycles. The predicted octanol–water partition coefficient (Wildman–Crippen LogP) is 3.35. The van der Waals surface area contributed by atoms with E-state index < -0.39 is 0 Å². The second-order valence-corrected chi connectivity index (χ2v) is 7.99. The molecule has 0 aliphatic carbocycles. The third-order valence-corrected chi connectivity index (χ3v) is 5.72. The lowest BCUT2D eigenvalue weighted by Gasteiger charge is -2.36. The zero-order valence-corrected chi connectivity index (χ0v) is 16.5. The van der Waals surface area contributed by atoms with Gasteiger partial charge in [-0.25, -0.2) is 0 Å². The number of piperidine rings is 1. The van der Waals surface area contributed by atoms with Gasteiger partial charge in [-0.15, -0.1) is 0 Å². The number of ether oxygens (including phenoxy) is 2. The summed E-state index contributed by atoms with van der Waals surface area (Å²) < 4.78 is 10.8. The second kappa shape index (κ2) is 8.30. The van der Waals surface area contributed by atoms with E-state index in [0.29, 0.717) is 18.4 Å². The Labute approximate surface area is 157 Å². The van der Waals surface area contributed by atoms with Gasteiger partial charge in [-0.05, 0) is 55.3 Å². The predicted molar refractivity (Wildman–Crippen MR) is 103 cm³/mol.